The number of rotatable bonds is 7. The highest BCUT2D eigenvalue weighted by Crippen LogP contribution is 2.22. The van der Waals surface area contributed by atoms with Gasteiger partial charge in [0.1, 0.15) is 5.76 Å². The molecule has 156 valence electrons. The van der Waals surface area contributed by atoms with Gasteiger partial charge in [0.25, 0.3) is 5.91 Å². The Kier molecular flexibility index (Phi) is 6.36. The first-order valence-corrected chi connectivity index (χ1v) is 11.3. The molecule has 1 saturated heterocycles. The summed E-state index contributed by atoms with van der Waals surface area (Å²) in [7, 11) is -3.12. The molecular formula is C20H24N2O6S. The standard InChI is InChI=1S/C20H24N2O6S/c1-3-10-22(16-9-11-29(25,26)13-16)17(23)12-27-20(24)18-14(2)28-19(21-18)15-7-5-4-6-8-15/h4-8,16H,3,9-13H2,1-2H3/t16-/m1/s1. The third-order valence-electron chi connectivity index (χ3n) is 4.77. The number of nitrogens with zero attached hydrogens (tertiary/aromatic N) is 2. The van der Waals surface area contributed by atoms with Gasteiger partial charge in [0.15, 0.2) is 22.1 Å². The van der Waals surface area contributed by atoms with Crippen LogP contribution in [0.25, 0.3) is 11.5 Å². The molecule has 0 radical (unpaired) electrons. The maximum atomic E-state index is 12.6. The van der Waals surface area contributed by atoms with Gasteiger partial charge in [-0.15, -0.1) is 0 Å². The van der Waals surface area contributed by atoms with Crippen molar-refractivity contribution in [2.75, 3.05) is 24.7 Å². The van der Waals surface area contributed by atoms with Crippen LogP contribution in [0.2, 0.25) is 0 Å². The molecule has 2 aromatic rings. The van der Waals surface area contributed by atoms with Gasteiger partial charge in [0, 0.05) is 18.2 Å². The third-order valence-corrected chi connectivity index (χ3v) is 6.52. The molecule has 0 aliphatic carbocycles. The Bertz CT molecular complexity index is 984. The van der Waals surface area contributed by atoms with Crippen LogP contribution in [0.15, 0.2) is 34.7 Å². The number of carbonyl (C=O) groups is 2. The van der Waals surface area contributed by atoms with Gasteiger partial charge in [-0.1, -0.05) is 25.1 Å². The Morgan fingerprint density at radius 2 is 2.00 bits per heavy atom. The average Bonchev–Trinajstić information content (AvgIpc) is 3.26. The smallest absolute Gasteiger partial charge is 0.361 e. The van der Waals surface area contributed by atoms with Gasteiger partial charge in [0.2, 0.25) is 5.89 Å². The average molecular weight is 420 g/mol. The van der Waals surface area contributed by atoms with E-state index >= 15 is 0 Å². The zero-order chi connectivity index (χ0) is 21.0. The first kappa shape index (κ1) is 21.0. The number of hydrogen-bond acceptors (Lipinski definition) is 7. The Morgan fingerprint density at radius 1 is 1.28 bits per heavy atom. The fourth-order valence-corrected chi connectivity index (χ4v) is 5.07. The minimum absolute atomic E-state index is 0.0159. The van der Waals surface area contributed by atoms with Crippen molar-refractivity contribution < 1.29 is 27.2 Å². The summed E-state index contributed by atoms with van der Waals surface area (Å²) in [6.07, 6.45) is 1.09. The molecule has 0 unspecified atom stereocenters. The quantitative estimate of drug-likeness (QED) is 0.632. The van der Waals surface area contributed by atoms with Crippen LogP contribution in [0.5, 0.6) is 0 Å². The second-order valence-electron chi connectivity index (χ2n) is 7.01. The number of hydrogen-bond donors (Lipinski definition) is 0. The van der Waals surface area contributed by atoms with Crippen LogP contribution in [0.4, 0.5) is 0 Å². The molecule has 1 fully saturated rings. The Morgan fingerprint density at radius 3 is 2.62 bits per heavy atom. The lowest BCUT2D eigenvalue weighted by Crippen LogP contribution is -2.43. The molecule has 0 saturated carbocycles. The van der Waals surface area contributed by atoms with E-state index in [9.17, 15) is 18.0 Å². The van der Waals surface area contributed by atoms with Crippen LogP contribution in [-0.4, -0.2) is 60.9 Å². The predicted molar refractivity (Wildman–Crippen MR) is 106 cm³/mol. The van der Waals surface area contributed by atoms with Crippen molar-refractivity contribution >= 4 is 21.7 Å². The number of amides is 1. The van der Waals surface area contributed by atoms with Crippen LogP contribution >= 0.6 is 0 Å². The number of esters is 1. The maximum absolute atomic E-state index is 12.6. The molecule has 1 amide bonds. The van der Waals surface area contributed by atoms with Crippen LogP contribution in [0.3, 0.4) is 0 Å². The van der Waals surface area contributed by atoms with Crippen molar-refractivity contribution in [3.63, 3.8) is 0 Å². The highest BCUT2D eigenvalue weighted by Gasteiger charge is 2.34. The SMILES string of the molecule is CCCN(C(=O)COC(=O)c1nc(-c2ccccc2)oc1C)[C@@H]1CCS(=O)(=O)C1. The van der Waals surface area contributed by atoms with Crippen LogP contribution < -0.4 is 0 Å². The maximum Gasteiger partial charge on any atom is 0.361 e. The number of sulfone groups is 1. The van der Waals surface area contributed by atoms with Gasteiger partial charge in [0.05, 0.1) is 11.5 Å². The van der Waals surface area contributed by atoms with E-state index in [0.717, 1.165) is 5.56 Å². The van der Waals surface area contributed by atoms with E-state index in [0.29, 0.717) is 31.0 Å². The first-order valence-electron chi connectivity index (χ1n) is 9.50. The lowest BCUT2D eigenvalue weighted by atomic mass is 10.2. The van der Waals surface area contributed by atoms with E-state index in [4.69, 9.17) is 9.15 Å². The summed E-state index contributed by atoms with van der Waals surface area (Å²) < 4.78 is 34.2. The summed E-state index contributed by atoms with van der Waals surface area (Å²) >= 11 is 0. The van der Waals surface area contributed by atoms with Gasteiger partial charge in [-0.3, -0.25) is 4.79 Å². The van der Waals surface area contributed by atoms with Crippen molar-refractivity contribution in [1.29, 1.82) is 0 Å². The minimum Gasteiger partial charge on any atom is -0.451 e. The van der Waals surface area contributed by atoms with Gasteiger partial charge in [-0.2, -0.15) is 0 Å². The molecule has 0 spiro atoms. The Hall–Kier alpha value is -2.68. The summed E-state index contributed by atoms with van der Waals surface area (Å²) in [4.78, 5) is 30.7. The first-order chi connectivity index (χ1) is 13.8. The molecule has 1 aromatic carbocycles. The van der Waals surface area contributed by atoms with Crippen LogP contribution in [-0.2, 0) is 19.4 Å². The second-order valence-corrected chi connectivity index (χ2v) is 9.24. The van der Waals surface area contributed by atoms with Crippen molar-refractivity contribution in [2.45, 2.75) is 32.7 Å². The second kappa shape index (κ2) is 8.77. The lowest BCUT2D eigenvalue weighted by Gasteiger charge is -2.27. The van der Waals surface area contributed by atoms with Gasteiger partial charge in [-0.05, 0) is 31.9 Å². The van der Waals surface area contributed by atoms with E-state index in [1.807, 2.05) is 37.3 Å². The molecule has 8 nitrogen and oxygen atoms in total. The summed E-state index contributed by atoms with van der Waals surface area (Å²) in [5, 5.41) is 0. The zero-order valence-corrected chi connectivity index (χ0v) is 17.3. The summed E-state index contributed by atoms with van der Waals surface area (Å²) in [5.74, 6) is -0.538. The molecule has 1 atom stereocenters. The summed E-state index contributed by atoms with van der Waals surface area (Å²) in [6, 6.07) is 8.76. The van der Waals surface area contributed by atoms with Crippen LogP contribution in [0.1, 0.15) is 36.0 Å². The van der Waals surface area contributed by atoms with Gasteiger partial charge < -0.3 is 14.1 Å². The summed E-state index contributed by atoms with van der Waals surface area (Å²) in [5.41, 5.74) is 0.740. The van der Waals surface area contributed by atoms with Crippen molar-refractivity contribution in [1.82, 2.24) is 9.88 Å². The minimum atomic E-state index is -3.12. The molecule has 1 aliphatic rings. The number of carbonyl (C=O) groups excluding carboxylic acids is 2. The van der Waals surface area contributed by atoms with Gasteiger partial charge in [-0.25, -0.2) is 18.2 Å². The van der Waals surface area contributed by atoms with Crippen molar-refractivity contribution in [2.24, 2.45) is 0 Å². The zero-order valence-electron chi connectivity index (χ0n) is 16.5. The molecule has 1 aliphatic heterocycles. The van der Waals surface area contributed by atoms with E-state index < -0.39 is 28.3 Å². The van der Waals surface area contributed by atoms with Gasteiger partial charge >= 0.3 is 5.97 Å². The molecule has 0 bridgehead atoms. The lowest BCUT2D eigenvalue weighted by molar-refractivity contribution is -0.136. The normalized spacial score (nSPS) is 17.8. The molecule has 0 N–H and O–H groups in total. The molecule has 1 aromatic heterocycles. The molecule has 3 rings (SSSR count). The van der Waals surface area contributed by atoms with Crippen molar-refractivity contribution in [3.8, 4) is 11.5 Å². The van der Waals surface area contributed by atoms with E-state index in [1.165, 1.54) is 4.90 Å². The molecule has 2 heterocycles. The highest BCUT2D eigenvalue weighted by atomic mass is 32.2. The fraction of sp³-hybridized carbons (Fsp3) is 0.450. The summed E-state index contributed by atoms with van der Waals surface area (Å²) in [6.45, 7) is 3.45. The predicted octanol–water partition coefficient (Wildman–Crippen LogP) is 2.23. The fourth-order valence-electron chi connectivity index (χ4n) is 3.34. The van der Waals surface area contributed by atoms with E-state index in [2.05, 4.69) is 4.98 Å². The molecule has 29 heavy (non-hydrogen) atoms. The molecular weight excluding hydrogens is 396 g/mol. The third kappa shape index (κ3) is 5.03. The van der Waals surface area contributed by atoms with Crippen LogP contribution in [0, 0.1) is 6.92 Å². The topological polar surface area (TPSA) is 107 Å². The number of benzene rings is 1. The number of aryl methyl sites for hydroxylation is 1. The Balaban J connectivity index is 1.65. The number of aromatic nitrogens is 1. The monoisotopic (exact) mass is 420 g/mol. The van der Waals surface area contributed by atoms with Crippen molar-refractivity contribution in [3.05, 3.63) is 41.8 Å². The number of ether oxygens (including phenoxy) is 1. The largest absolute Gasteiger partial charge is 0.451 e. The molecule has 9 heteroatoms. The van der Waals surface area contributed by atoms with E-state index in [1.54, 1.807) is 6.92 Å². The number of oxazole rings is 1. The van der Waals surface area contributed by atoms with E-state index in [-0.39, 0.29) is 23.2 Å². The Labute approximate surface area is 169 Å². The highest BCUT2D eigenvalue weighted by molar-refractivity contribution is 7.91.